The minimum absolute atomic E-state index is 0.121. The van der Waals surface area contributed by atoms with Crippen molar-refractivity contribution in [2.24, 2.45) is 0 Å². The van der Waals surface area contributed by atoms with Gasteiger partial charge in [0.1, 0.15) is 18.5 Å². The number of nitrogens with zero attached hydrogens (tertiary/aromatic N) is 1. The molecule has 0 fully saturated rings. The van der Waals surface area contributed by atoms with Crippen LogP contribution in [0.4, 0.5) is 0 Å². The minimum atomic E-state index is -0.538. The lowest BCUT2D eigenvalue weighted by molar-refractivity contribution is 0.0613. The van der Waals surface area contributed by atoms with Crippen molar-refractivity contribution >= 4 is 0 Å². The highest BCUT2D eigenvalue weighted by Crippen LogP contribution is 2.08. The van der Waals surface area contributed by atoms with Gasteiger partial charge in [0, 0.05) is 13.1 Å². The van der Waals surface area contributed by atoms with Crippen LogP contribution in [0.5, 0.6) is 5.75 Å². The van der Waals surface area contributed by atoms with Crippen LogP contribution in [0, 0.1) is 0 Å². The summed E-state index contributed by atoms with van der Waals surface area (Å²) in [6.07, 6.45) is 1.65. The molecule has 0 saturated carbocycles. The van der Waals surface area contributed by atoms with E-state index in [1.165, 1.54) is 0 Å². The summed E-state index contributed by atoms with van der Waals surface area (Å²) in [7, 11) is 0. The second kappa shape index (κ2) is 9.78. The van der Waals surface area contributed by atoms with Crippen LogP contribution in [0.3, 0.4) is 0 Å². The molecule has 0 radical (unpaired) electrons. The molecule has 0 aliphatic carbocycles. The van der Waals surface area contributed by atoms with Crippen molar-refractivity contribution in [1.29, 1.82) is 0 Å². The molecular weight excluding hydrogens is 242 g/mol. The molecule has 0 saturated heterocycles. The maximum absolute atomic E-state index is 9.96. The van der Waals surface area contributed by atoms with Gasteiger partial charge in [0.25, 0.3) is 0 Å². The predicted molar refractivity (Wildman–Crippen MR) is 76.4 cm³/mol. The topological polar surface area (TPSA) is 52.9 Å². The number of hydrogen-bond acceptors (Lipinski definition) is 4. The summed E-state index contributed by atoms with van der Waals surface area (Å²) in [6.45, 7) is 4.56. The van der Waals surface area contributed by atoms with Crippen LogP contribution in [0.25, 0.3) is 0 Å². The summed E-state index contributed by atoms with van der Waals surface area (Å²) in [5.41, 5.74) is 0. The number of hydrogen-bond donors (Lipinski definition) is 2. The first kappa shape index (κ1) is 16.0. The Bertz CT molecular complexity index is 318. The Labute approximate surface area is 115 Å². The smallest absolute Gasteiger partial charge is 0.119 e. The SMILES string of the molecule is CCCCN(CCO)CC(O)COc1ccccc1. The number of ether oxygens (including phenoxy) is 1. The Morgan fingerprint density at radius 3 is 2.58 bits per heavy atom. The molecule has 0 bridgehead atoms. The Morgan fingerprint density at radius 2 is 1.95 bits per heavy atom. The standard InChI is InChI=1S/C15H25NO3/c1-2-3-9-16(10-11-17)12-14(18)13-19-15-7-5-4-6-8-15/h4-8,14,17-18H,2-3,9-13H2,1H3. The van der Waals surface area contributed by atoms with Crippen LogP contribution in [0.1, 0.15) is 19.8 Å². The van der Waals surface area contributed by atoms with E-state index in [1.54, 1.807) is 0 Å². The number of unbranched alkanes of at least 4 members (excludes halogenated alkanes) is 1. The lowest BCUT2D eigenvalue weighted by Crippen LogP contribution is -2.37. The molecule has 1 aromatic carbocycles. The molecule has 4 heteroatoms. The van der Waals surface area contributed by atoms with E-state index in [0.29, 0.717) is 13.1 Å². The van der Waals surface area contributed by atoms with Gasteiger partial charge in [-0.15, -0.1) is 0 Å². The van der Waals surface area contributed by atoms with Gasteiger partial charge in [-0.25, -0.2) is 0 Å². The van der Waals surface area contributed by atoms with E-state index < -0.39 is 6.10 Å². The van der Waals surface area contributed by atoms with Gasteiger partial charge in [0.05, 0.1) is 6.61 Å². The number of aliphatic hydroxyl groups excluding tert-OH is 2. The lowest BCUT2D eigenvalue weighted by atomic mass is 10.2. The van der Waals surface area contributed by atoms with E-state index in [9.17, 15) is 5.11 Å². The molecule has 1 aromatic rings. The lowest BCUT2D eigenvalue weighted by Gasteiger charge is -2.24. The van der Waals surface area contributed by atoms with Crippen molar-refractivity contribution in [3.8, 4) is 5.75 Å². The fourth-order valence-corrected chi connectivity index (χ4v) is 1.88. The average molecular weight is 267 g/mol. The first-order valence-corrected chi connectivity index (χ1v) is 6.95. The van der Waals surface area contributed by atoms with Crippen LogP contribution in [0.15, 0.2) is 30.3 Å². The zero-order valence-electron chi connectivity index (χ0n) is 11.7. The normalized spacial score (nSPS) is 12.6. The average Bonchev–Trinajstić information content (AvgIpc) is 2.44. The number of benzene rings is 1. The fraction of sp³-hybridized carbons (Fsp3) is 0.600. The monoisotopic (exact) mass is 267 g/mol. The Kier molecular flexibility index (Phi) is 8.21. The largest absolute Gasteiger partial charge is 0.491 e. The van der Waals surface area contributed by atoms with Gasteiger partial charge in [-0.05, 0) is 25.1 Å². The highest BCUT2D eigenvalue weighted by Gasteiger charge is 2.11. The van der Waals surface area contributed by atoms with Crippen molar-refractivity contribution in [3.63, 3.8) is 0 Å². The third kappa shape index (κ3) is 7.15. The molecular formula is C15H25NO3. The van der Waals surface area contributed by atoms with Gasteiger partial charge < -0.3 is 14.9 Å². The van der Waals surface area contributed by atoms with Gasteiger partial charge in [-0.1, -0.05) is 31.5 Å². The highest BCUT2D eigenvalue weighted by atomic mass is 16.5. The molecule has 1 atom stereocenters. The molecule has 0 heterocycles. The van der Waals surface area contributed by atoms with Crippen molar-refractivity contribution in [2.45, 2.75) is 25.9 Å². The molecule has 0 aromatic heterocycles. The Hall–Kier alpha value is -1.10. The molecule has 2 N–H and O–H groups in total. The van der Waals surface area contributed by atoms with Gasteiger partial charge in [-0.2, -0.15) is 0 Å². The molecule has 19 heavy (non-hydrogen) atoms. The van der Waals surface area contributed by atoms with E-state index in [1.807, 2.05) is 30.3 Å². The van der Waals surface area contributed by atoms with Gasteiger partial charge in [0.15, 0.2) is 0 Å². The molecule has 0 amide bonds. The van der Waals surface area contributed by atoms with Crippen molar-refractivity contribution in [2.75, 3.05) is 32.8 Å². The number of aliphatic hydroxyl groups is 2. The summed E-state index contributed by atoms with van der Waals surface area (Å²) in [4.78, 5) is 2.07. The Morgan fingerprint density at radius 1 is 1.21 bits per heavy atom. The summed E-state index contributed by atoms with van der Waals surface area (Å²) in [5, 5.41) is 19.0. The van der Waals surface area contributed by atoms with Crippen LogP contribution in [-0.4, -0.2) is 54.1 Å². The third-order valence-electron chi connectivity index (χ3n) is 2.90. The van der Waals surface area contributed by atoms with E-state index in [-0.39, 0.29) is 13.2 Å². The van der Waals surface area contributed by atoms with Crippen molar-refractivity contribution in [1.82, 2.24) is 4.90 Å². The Balaban J connectivity index is 2.29. The van der Waals surface area contributed by atoms with Crippen LogP contribution in [-0.2, 0) is 0 Å². The van der Waals surface area contributed by atoms with E-state index in [0.717, 1.165) is 25.1 Å². The van der Waals surface area contributed by atoms with E-state index >= 15 is 0 Å². The second-order valence-corrected chi connectivity index (χ2v) is 4.66. The second-order valence-electron chi connectivity index (χ2n) is 4.66. The summed E-state index contributed by atoms with van der Waals surface area (Å²) in [5.74, 6) is 0.767. The highest BCUT2D eigenvalue weighted by molar-refractivity contribution is 5.20. The first-order chi connectivity index (χ1) is 9.26. The van der Waals surface area contributed by atoms with Crippen LogP contribution < -0.4 is 4.74 Å². The van der Waals surface area contributed by atoms with Crippen LogP contribution >= 0.6 is 0 Å². The minimum Gasteiger partial charge on any atom is -0.491 e. The first-order valence-electron chi connectivity index (χ1n) is 6.95. The predicted octanol–water partition coefficient (Wildman–Crippen LogP) is 1.52. The van der Waals surface area contributed by atoms with Crippen LogP contribution in [0.2, 0.25) is 0 Å². The van der Waals surface area contributed by atoms with Gasteiger partial charge in [-0.3, -0.25) is 4.90 Å². The van der Waals surface area contributed by atoms with E-state index in [2.05, 4.69) is 11.8 Å². The molecule has 4 nitrogen and oxygen atoms in total. The molecule has 1 rings (SSSR count). The summed E-state index contributed by atoms with van der Waals surface area (Å²) >= 11 is 0. The maximum atomic E-state index is 9.96. The molecule has 0 aliphatic rings. The molecule has 0 aliphatic heterocycles. The number of rotatable bonds is 10. The zero-order valence-corrected chi connectivity index (χ0v) is 11.7. The van der Waals surface area contributed by atoms with Gasteiger partial charge in [0.2, 0.25) is 0 Å². The fourth-order valence-electron chi connectivity index (χ4n) is 1.88. The zero-order chi connectivity index (χ0) is 13.9. The maximum Gasteiger partial charge on any atom is 0.119 e. The quantitative estimate of drug-likeness (QED) is 0.675. The molecule has 108 valence electrons. The molecule has 0 spiro atoms. The molecule has 1 unspecified atom stereocenters. The van der Waals surface area contributed by atoms with E-state index in [4.69, 9.17) is 9.84 Å². The van der Waals surface area contributed by atoms with Crippen molar-refractivity contribution in [3.05, 3.63) is 30.3 Å². The van der Waals surface area contributed by atoms with Crippen molar-refractivity contribution < 1.29 is 14.9 Å². The summed E-state index contributed by atoms with van der Waals surface area (Å²) < 4.78 is 5.51. The summed E-state index contributed by atoms with van der Waals surface area (Å²) in [6, 6.07) is 9.48. The number of para-hydroxylation sites is 1. The third-order valence-corrected chi connectivity index (χ3v) is 2.90. The van der Waals surface area contributed by atoms with Gasteiger partial charge >= 0.3 is 0 Å².